The Bertz CT molecular complexity index is 6120. The lowest BCUT2D eigenvalue weighted by molar-refractivity contribution is 0.626. The highest BCUT2D eigenvalue weighted by Crippen LogP contribution is 2.61. The van der Waals surface area contributed by atoms with E-state index >= 15 is 0 Å². The molecule has 16 aromatic carbocycles. The summed E-state index contributed by atoms with van der Waals surface area (Å²) in [4.78, 5) is 4.68. The molecule has 0 amide bonds. The lowest BCUT2D eigenvalue weighted by atomic mass is 9.92. The van der Waals surface area contributed by atoms with Crippen LogP contribution in [0.15, 0.2) is 451 Å². The van der Waals surface area contributed by atoms with E-state index in [2.05, 4.69) is 362 Å². The van der Waals surface area contributed by atoms with E-state index in [0.717, 1.165) is 188 Å². The van der Waals surface area contributed by atoms with Crippen LogP contribution in [0, 0.1) is 0 Å². The quantitative estimate of drug-likeness (QED) is 0.0763. The lowest BCUT2D eigenvalue weighted by Crippen LogP contribution is -2.14. The highest BCUT2D eigenvalue weighted by molar-refractivity contribution is 14.0. The normalized spacial score (nSPS) is 10.8. The summed E-state index contributed by atoms with van der Waals surface area (Å²) >= 11 is 7.94. The van der Waals surface area contributed by atoms with Crippen molar-refractivity contribution in [3.8, 4) is 89.8 Å². The van der Waals surface area contributed by atoms with Gasteiger partial charge in [-0.15, -0.1) is 24.0 Å². The summed E-state index contributed by atoms with van der Waals surface area (Å²) < 4.78 is 30.6. The number of hydrogen-bond donors (Lipinski definition) is 1. The zero-order chi connectivity index (χ0) is 75.8. The minimum atomic E-state index is 0. The fraction of sp³-hybridized carbons (Fsp3) is 0.0189. The molecule has 0 atom stereocenters. The molecular formula is C106H82Br2IN3O4. The standard InChI is InChI=1S/C58H40N2O2.C34H20Br2O2.C12H11N.2CH4.HI.H2/c1-9-25-41(26-10-1)49-51-53(59(45-33-17-5-18-34-45)46-35-19-6-20-36-46)58-52(50(42-27-11-2-12-28-42)56(62-58)44-31-15-4-16-32-44)54(57(51)61-55(49)43-29-13-3-14-30-43)60(47-37-21-7-22-38-47)48-39-23-8-24-40-48;35-29-27-25(21-13-5-1-6-14-21)31(23-17-9-3-10-18-23)37-33(27)30(36)28-26(22-15-7-2-8-16-22)32(38-34(28)29)24-19-11-4-12-20-24;1-3-7-11(8-4-1)13-12-9-5-2-6-10-12;;;;/h1-40H;1-20H;1-10,13H;2*1H4;2*1H. The number of benzene rings is 16. The Kier molecular flexibility index (Phi) is 24.1. The van der Waals surface area contributed by atoms with Crippen LogP contribution in [0.1, 0.15) is 16.3 Å². The third kappa shape index (κ3) is 15.5. The van der Waals surface area contributed by atoms with Crippen LogP contribution < -0.4 is 15.1 Å². The van der Waals surface area contributed by atoms with Crippen molar-refractivity contribution in [3.63, 3.8) is 0 Å². The number of hydrogen-bond acceptors (Lipinski definition) is 7. The lowest BCUT2D eigenvalue weighted by Gasteiger charge is -2.30. The van der Waals surface area contributed by atoms with E-state index in [9.17, 15) is 0 Å². The van der Waals surface area contributed by atoms with Gasteiger partial charge in [-0.3, -0.25) is 0 Å². The van der Waals surface area contributed by atoms with Gasteiger partial charge in [-0.2, -0.15) is 0 Å². The van der Waals surface area contributed by atoms with Gasteiger partial charge in [-0.25, -0.2) is 0 Å². The van der Waals surface area contributed by atoms with Crippen molar-refractivity contribution in [2.75, 3.05) is 15.1 Å². The van der Waals surface area contributed by atoms with Gasteiger partial charge in [0.2, 0.25) is 0 Å². The molecule has 0 radical (unpaired) electrons. The second kappa shape index (κ2) is 35.9. The van der Waals surface area contributed by atoms with Crippen LogP contribution >= 0.6 is 55.8 Å². The fourth-order valence-corrected chi connectivity index (χ4v) is 16.5. The number of para-hydroxylation sites is 6. The van der Waals surface area contributed by atoms with E-state index < -0.39 is 0 Å². The predicted molar refractivity (Wildman–Crippen MR) is 507 cm³/mol. The van der Waals surface area contributed by atoms with Gasteiger partial charge in [0.15, 0.2) is 22.3 Å². The molecule has 0 saturated heterocycles. The van der Waals surface area contributed by atoms with Crippen molar-refractivity contribution >= 4 is 145 Å². The smallest absolute Gasteiger partial charge is 0.162 e. The van der Waals surface area contributed by atoms with Crippen molar-refractivity contribution in [3.05, 3.63) is 434 Å². The van der Waals surface area contributed by atoms with Gasteiger partial charge in [-0.05, 0) is 127 Å². The van der Waals surface area contributed by atoms with Gasteiger partial charge in [0, 0.05) is 90.8 Å². The Morgan fingerprint density at radius 1 is 0.207 bits per heavy atom. The second-order valence-electron chi connectivity index (χ2n) is 27.2. The minimum absolute atomic E-state index is 0. The van der Waals surface area contributed by atoms with Gasteiger partial charge in [0.05, 0.1) is 19.7 Å². The van der Waals surface area contributed by atoms with Crippen LogP contribution in [0.5, 0.6) is 0 Å². The van der Waals surface area contributed by atoms with E-state index in [4.69, 9.17) is 17.7 Å². The average Bonchev–Trinajstić information content (AvgIpc) is 1.55. The van der Waals surface area contributed by atoms with Gasteiger partial charge in [-0.1, -0.05) is 367 Å². The summed E-state index contributed by atoms with van der Waals surface area (Å²) in [6.07, 6.45) is 0. The zero-order valence-corrected chi connectivity index (χ0v) is 67.1. The van der Waals surface area contributed by atoms with E-state index in [1.165, 1.54) is 0 Å². The highest BCUT2D eigenvalue weighted by atomic mass is 127. The van der Waals surface area contributed by atoms with Crippen LogP contribution in [0.3, 0.4) is 0 Å². The molecule has 0 bridgehead atoms. The molecule has 0 aliphatic rings. The van der Waals surface area contributed by atoms with Crippen molar-refractivity contribution in [1.29, 1.82) is 0 Å². The first-order valence-electron chi connectivity index (χ1n) is 37.6. The third-order valence-electron chi connectivity index (χ3n) is 20.1. The van der Waals surface area contributed by atoms with E-state index in [-0.39, 0.29) is 40.3 Å². The monoisotopic (exact) mass is 1750 g/mol. The molecule has 20 aromatic rings. The molecule has 4 aromatic heterocycles. The Hall–Kier alpha value is -13.2. The number of nitrogens with one attached hydrogen (secondary N) is 1. The molecule has 0 aliphatic carbocycles. The maximum absolute atomic E-state index is 7.66. The minimum Gasteiger partial charge on any atom is -0.454 e. The topological polar surface area (TPSA) is 71.1 Å². The summed E-state index contributed by atoms with van der Waals surface area (Å²) in [6, 6.07) is 146. The average molecular weight is 1750 g/mol. The highest BCUT2D eigenvalue weighted by Gasteiger charge is 2.37. The Balaban J connectivity index is 0.000000173. The number of anilines is 8. The van der Waals surface area contributed by atoms with Crippen molar-refractivity contribution in [2.24, 2.45) is 0 Å². The first-order valence-corrected chi connectivity index (χ1v) is 39.2. The van der Waals surface area contributed by atoms with Crippen LogP contribution in [0.2, 0.25) is 0 Å². The molecule has 20 rings (SSSR count). The number of nitrogens with zero attached hydrogens (tertiary/aromatic N) is 2. The summed E-state index contributed by atoms with van der Waals surface area (Å²) in [5, 5.41) is 7.10. The Morgan fingerprint density at radius 2 is 0.379 bits per heavy atom. The van der Waals surface area contributed by atoms with E-state index in [0.29, 0.717) is 0 Å². The molecular weight excluding hydrogens is 1670 g/mol. The first-order chi connectivity index (χ1) is 56.0. The summed E-state index contributed by atoms with van der Waals surface area (Å²) in [5.41, 5.74) is 23.1. The molecule has 4 heterocycles. The van der Waals surface area contributed by atoms with Crippen molar-refractivity contribution in [1.82, 2.24) is 0 Å². The van der Waals surface area contributed by atoms with E-state index in [1.54, 1.807) is 0 Å². The number of halogens is 3. The van der Waals surface area contributed by atoms with Crippen LogP contribution in [0.25, 0.3) is 134 Å². The van der Waals surface area contributed by atoms with Crippen LogP contribution in [-0.2, 0) is 0 Å². The zero-order valence-electron chi connectivity index (χ0n) is 61.6. The first kappa shape index (κ1) is 78.1. The molecule has 1 N–H and O–H groups in total. The Morgan fingerprint density at radius 3 is 0.595 bits per heavy atom. The SMILES string of the molecule is Brc1c2oc(-c3ccccc3)c(-c3ccccc3)c2c(Br)c2oc(-c3ccccc3)c(-c3ccccc3)c12.C.C.I.[HH].c1ccc(-c2oc3c(N(c4ccccc4)c4ccccc4)c4c(-c5ccccc5)c(-c5ccccc5)oc4c(N(c4ccccc4)c4ccccc4)c3c2-c2ccccc2)cc1.c1ccc(Nc2ccccc2)cc1. The molecule has 566 valence electrons. The summed E-state index contributed by atoms with van der Waals surface area (Å²) in [6.45, 7) is 0. The molecule has 0 spiro atoms. The molecule has 10 heteroatoms. The number of rotatable bonds is 16. The number of fused-ring (bicyclic) bond motifs is 4. The molecule has 0 fully saturated rings. The maximum atomic E-state index is 7.66. The predicted octanol–water partition coefficient (Wildman–Crippen LogP) is 33.7. The third-order valence-corrected chi connectivity index (χ3v) is 21.6. The van der Waals surface area contributed by atoms with Gasteiger partial charge >= 0.3 is 0 Å². The van der Waals surface area contributed by atoms with Gasteiger partial charge < -0.3 is 32.8 Å². The molecule has 0 unspecified atom stereocenters. The van der Waals surface area contributed by atoms with Gasteiger partial charge in [0.25, 0.3) is 0 Å². The molecule has 116 heavy (non-hydrogen) atoms. The Labute approximate surface area is 711 Å². The van der Waals surface area contributed by atoms with E-state index in [1.807, 2.05) is 109 Å². The molecule has 7 nitrogen and oxygen atoms in total. The summed E-state index contributed by atoms with van der Waals surface area (Å²) in [5.74, 6) is 3.19. The molecule has 0 saturated carbocycles. The van der Waals surface area contributed by atoms with Crippen molar-refractivity contribution < 1.29 is 19.1 Å². The molecule has 0 aliphatic heterocycles. The maximum Gasteiger partial charge on any atom is 0.162 e. The largest absolute Gasteiger partial charge is 0.454 e. The van der Waals surface area contributed by atoms with Crippen LogP contribution in [-0.4, -0.2) is 0 Å². The van der Waals surface area contributed by atoms with Crippen molar-refractivity contribution in [2.45, 2.75) is 14.9 Å². The van der Waals surface area contributed by atoms with Gasteiger partial charge in [0.1, 0.15) is 34.4 Å². The van der Waals surface area contributed by atoms with Crippen LogP contribution in [0.4, 0.5) is 45.5 Å². The number of furan rings is 4. The summed E-state index contributed by atoms with van der Waals surface area (Å²) in [7, 11) is 0. The second-order valence-corrected chi connectivity index (χ2v) is 28.8. The fourth-order valence-electron chi connectivity index (χ4n) is 15.1.